The molecular weight excluding hydrogens is 1130 g/mol. The first-order valence-corrected chi connectivity index (χ1v) is 26.8. The second kappa shape index (κ2) is 19.1. The van der Waals surface area contributed by atoms with Gasteiger partial charge in [0.05, 0.1) is 0 Å². The summed E-state index contributed by atoms with van der Waals surface area (Å²) in [6, 6.07) is 78.2. The molecule has 0 spiro atoms. The SMILES string of the molecule is CC(C)(C)c1cc(-c2ccccc2)cc(-c2cccc3c4ccccc4c4ccccc4c4cccc5c4n(c23)[CH-]N5c2[c-]c(Oc3[c-]c4c(cc3)c3cc(C(C)(C)C)ccc3n4-c3cc(C(C)(C)C)ccn3)ccc2)c1.[Pt]. The molecule has 9 aromatic carbocycles. The molecule has 78 heavy (non-hydrogen) atoms. The third kappa shape index (κ3) is 8.79. The number of anilines is 2. The van der Waals surface area contributed by atoms with Crippen LogP contribution in [0.5, 0.6) is 11.5 Å². The average molecular weight is 1190 g/mol. The van der Waals surface area contributed by atoms with E-state index in [2.05, 4.69) is 277 Å². The number of hydrogen-bond acceptors (Lipinski definition) is 3. The van der Waals surface area contributed by atoms with Gasteiger partial charge in [0.15, 0.2) is 0 Å². The molecule has 13 rings (SSSR count). The number of para-hydroxylation sites is 2. The fraction of sp³-hybridized carbons (Fsp3) is 0.167. The zero-order valence-corrected chi connectivity index (χ0v) is 47.9. The third-order valence-corrected chi connectivity index (χ3v) is 15.6. The molecular formula is C72H61N4OPt-3. The Hall–Kier alpha value is -8.11. The molecule has 0 N–H and O–H groups in total. The number of nitrogens with zero attached hydrogens (tertiary/aromatic N) is 4. The monoisotopic (exact) mass is 1190 g/mol. The molecule has 3 aromatic heterocycles. The molecule has 388 valence electrons. The van der Waals surface area contributed by atoms with Gasteiger partial charge in [-0.1, -0.05) is 207 Å². The van der Waals surface area contributed by atoms with Crippen LogP contribution >= 0.6 is 0 Å². The largest absolute Gasteiger partial charge is 0.509 e. The maximum absolute atomic E-state index is 6.87. The summed E-state index contributed by atoms with van der Waals surface area (Å²) < 4.78 is 11.5. The smallest absolute Gasteiger partial charge is 0.135 e. The third-order valence-electron chi connectivity index (χ3n) is 15.6. The molecule has 6 heteroatoms. The first-order chi connectivity index (χ1) is 37.1. The quantitative estimate of drug-likeness (QED) is 0.156. The van der Waals surface area contributed by atoms with Crippen molar-refractivity contribution in [1.82, 2.24) is 14.1 Å². The summed E-state index contributed by atoms with van der Waals surface area (Å²) in [6.07, 6.45) is 1.92. The maximum Gasteiger partial charge on any atom is 0.135 e. The minimum Gasteiger partial charge on any atom is -0.509 e. The van der Waals surface area contributed by atoms with Crippen molar-refractivity contribution in [2.24, 2.45) is 0 Å². The van der Waals surface area contributed by atoms with E-state index in [1.54, 1.807) is 0 Å². The van der Waals surface area contributed by atoms with Crippen LogP contribution in [0.2, 0.25) is 0 Å². The van der Waals surface area contributed by atoms with E-state index >= 15 is 0 Å². The van der Waals surface area contributed by atoms with E-state index in [1.165, 1.54) is 49.4 Å². The van der Waals surface area contributed by atoms with E-state index in [1.807, 2.05) is 18.3 Å². The summed E-state index contributed by atoms with van der Waals surface area (Å²) in [5.74, 6) is 2.03. The molecule has 1 aliphatic heterocycles. The van der Waals surface area contributed by atoms with E-state index in [0.717, 1.165) is 71.9 Å². The van der Waals surface area contributed by atoms with E-state index in [0.29, 0.717) is 11.5 Å². The van der Waals surface area contributed by atoms with Crippen molar-refractivity contribution in [2.45, 2.75) is 78.6 Å². The molecule has 4 heterocycles. The zero-order valence-electron chi connectivity index (χ0n) is 45.6. The summed E-state index contributed by atoms with van der Waals surface area (Å²) in [5.41, 5.74) is 14.4. The van der Waals surface area contributed by atoms with Crippen molar-refractivity contribution in [2.75, 3.05) is 4.90 Å². The van der Waals surface area contributed by atoms with Crippen molar-refractivity contribution < 1.29 is 25.8 Å². The van der Waals surface area contributed by atoms with Crippen LogP contribution in [0.4, 0.5) is 11.4 Å². The number of hydrogen-bond donors (Lipinski definition) is 0. The van der Waals surface area contributed by atoms with Gasteiger partial charge in [-0.3, -0.25) is 0 Å². The van der Waals surface area contributed by atoms with E-state index in [-0.39, 0.29) is 37.3 Å². The first kappa shape index (κ1) is 50.7. The molecule has 0 aliphatic carbocycles. The Balaban J connectivity index is 0.00000609. The van der Waals surface area contributed by atoms with Crippen LogP contribution in [0.15, 0.2) is 200 Å². The Labute approximate surface area is 472 Å². The molecule has 0 radical (unpaired) electrons. The molecule has 0 saturated heterocycles. The first-order valence-electron chi connectivity index (χ1n) is 26.8. The normalized spacial score (nSPS) is 12.7. The zero-order chi connectivity index (χ0) is 53.0. The van der Waals surface area contributed by atoms with Crippen LogP contribution < -0.4 is 9.64 Å². The van der Waals surface area contributed by atoms with Crippen molar-refractivity contribution in [1.29, 1.82) is 0 Å². The van der Waals surface area contributed by atoms with Crippen molar-refractivity contribution in [3.8, 4) is 39.6 Å². The topological polar surface area (TPSA) is 35.2 Å². The van der Waals surface area contributed by atoms with E-state index in [9.17, 15) is 0 Å². The fourth-order valence-corrected chi connectivity index (χ4v) is 11.4. The molecule has 5 nitrogen and oxygen atoms in total. The maximum atomic E-state index is 6.87. The minimum absolute atomic E-state index is 0. The second-order valence-electron chi connectivity index (χ2n) is 23.8. The van der Waals surface area contributed by atoms with Crippen LogP contribution in [-0.2, 0) is 37.3 Å². The summed E-state index contributed by atoms with van der Waals surface area (Å²) in [5, 5.41) is 9.28. The van der Waals surface area contributed by atoms with Crippen LogP contribution in [0.25, 0.3) is 93.2 Å². The molecule has 0 saturated carbocycles. The van der Waals surface area contributed by atoms with Gasteiger partial charge in [0.2, 0.25) is 0 Å². The summed E-state index contributed by atoms with van der Waals surface area (Å²) in [4.78, 5) is 7.24. The van der Waals surface area contributed by atoms with E-state index in [4.69, 9.17) is 9.72 Å². The number of fused-ring (bicyclic) bond motifs is 10. The predicted molar refractivity (Wildman–Crippen MR) is 324 cm³/mol. The number of pyridine rings is 1. The van der Waals surface area contributed by atoms with Crippen molar-refractivity contribution in [3.63, 3.8) is 0 Å². The van der Waals surface area contributed by atoms with Crippen molar-refractivity contribution >= 4 is 76.5 Å². The van der Waals surface area contributed by atoms with Gasteiger partial charge in [0, 0.05) is 50.0 Å². The number of aromatic nitrogens is 3. The molecule has 0 bridgehead atoms. The van der Waals surface area contributed by atoms with Gasteiger partial charge < -0.3 is 18.8 Å². The Bertz CT molecular complexity index is 4410. The molecule has 12 aromatic rings. The van der Waals surface area contributed by atoms with Gasteiger partial charge in [-0.25, -0.2) is 4.98 Å². The number of benzene rings is 9. The predicted octanol–water partition coefficient (Wildman–Crippen LogP) is 19.5. The van der Waals surface area contributed by atoms with Crippen LogP contribution in [0.3, 0.4) is 0 Å². The van der Waals surface area contributed by atoms with Gasteiger partial charge in [0.25, 0.3) is 0 Å². The molecule has 0 fully saturated rings. The van der Waals surface area contributed by atoms with Crippen LogP contribution in [0, 0.1) is 18.8 Å². The Kier molecular flexibility index (Phi) is 12.4. The molecule has 0 atom stereocenters. The summed E-state index contributed by atoms with van der Waals surface area (Å²) in [6.45, 7) is 22.7. The van der Waals surface area contributed by atoms with Crippen LogP contribution in [-0.4, -0.2) is 14.1 Å². The number of rotatable bonds is 6. The standard InChI is InChI=1S/C72H61N4O.Pt/c1-70(2,3)49-32-35-64-63(41-49)60-34-33-54(44-66(60)76(64)67-42-50(36-37-73-67)71(4,5)6)77-53-23-17-22-52(43-53)74-45-75-68-55(48-38-47(46-20-11-10-12-21-46)39-51(40-48)72(7,8)9)28-18-29-61(68)58-26-15-13-24-56(58)57-25-14-16-27-59(57)62-30-19-31-65(74)69(62)75;/h10-42,45H,1-9H3;/q-3;. The molecule has 0 amide bonds. The second-order valence-corrected chi connectivity index (χ2v) is 23.8. The minimum atomic E-state index is -0.0962. The van der Waals surface area contributed by atoms with Gasteiger partial charge in [-0.05, 0) is 141 Å². The van der Waals surface area contributed by atoms with Crippen molar-refractivity contribution in [3.05, 3.63) is 236 Å². The number of ether oxygens (including phenoxy) is 1. The van der Waals surface area contributed by atoms with Gasteiger partial charge in [-0.2, -0.15) is 12.1 Å². The summed E-state index contributed by atoms with van der Waals surface area (Å²) in [7, 11) is 0. The Morgan fingerprint density at radius 1 is 0.436 bits per heavy atom. The fourth-order valence-electron chi connectivity index (χ4n) is 11.4. The molecule has 1 aliphatic rings. The van der Waals surface area contributed by atoms with Crippen LogP contribution in [0.1, 0.15) is 79.0 Å². The van der Waals surface area contributed by atoms with E-state index < -0.39 is 0 Å². The van der Waals surface area contributed by atoms with Gasteiger partial charge >= 0.3 is 0 Å². The Morgan fingerprint density at radius 3 is 1.72 bits per heavy atom. The van der Waals surface area contributed by atoms with Gasteiger partial charge in [-0.15, -0.1) is 35.7 Å². The molecule has 0 unspecified atom stereocenters. The average Bonchev–Trinajstić information content (AvgIpc) is 4.02. The summed E-state index contributed by atoms with van der Waals surface area (Å²) >= 11 is 0. The van der Waals surface area contributed by atoms with Gasteiger partial charge in [0.1, 0.15) is 5.82 Å². The Morgan fingerprint density at radius 2 is 1.03 bits per heavy atom.